The van der Waals surface area contributed by atoms with Crippen LogP contribution in [-0.4, -0.2) is 24.1 Å². The van der Waals surface area contributed by atoms with E-state index in [4.69, 9.17) is 9.47 Å². The fourth-order valence-corrected chi connectivity index (χ4v) is 2.49. The van der Waals surface area contributed by atoms with Crippen molar-refractivity contribution in [2.24, 2.45) is 0 Å². The summed E-state index contributed by atoms with van der Waals surface area (Å²) in [5, 5.41) is 10.2. The zero-order valence-corrected chi connectivity index (χ0v) is 14.5. The summed E-state index contributed by atoms with van der Waals surface area (Å²) in [6, 6.07) is 21.3. The summed E-state index contributed by atoms with van der Waals surface area (Å²) in [4.78, 5) is 12.4. The van der Waals surface area contributed by atoms with Crippen molar-refractivity contribution in [3.05, 3.63) is 89.5 Å². The molecule has 0 heterocycles. The van der Waals surface area contributed by atoms with Gasteiger partial charge in [0.25, 0.3) is 0 Å². The third-order valence-corrected chi connectivity index (χ3v) is 3.89. The van der Waals surface area contributed by atoms with E-state index < -0.39 is 0 Å². The Hall–Kier alpha value is -3.27. The zero-order chi connectivity index (χ0) is 18.4. The van der Waals surface area contributed by atoms with E-state index in [0.29, 0.717) is 24.5 Å². The predicted molar refractivity (Wildman–Crippen MR) is 100 cm³/mol. The predicted octanol–water partition coefficient (Wildman–Crippen LogP) is 4.39. The summed E-state index contributed by atoms with van der Waals surface area (Å²) in [6.07, 6.45) is 0. The molecule has 132 valence electrons. The first-order chi connectivity index (χ1) is 12.6. The lowest BCUT2D eigenvalue weighted by Crippen LogP contribution is -2.09. The molecular formula is C22H20O4. The number of carbonyl (C=O) groups excluding carboxylic acids is 1. The van der Waals surface area contributed by atoms with Gasteiger partial charge in [-0.3, -0.25) is 4.79 Å². The van der Waals surface area contributed by atoms with Crippen molar-refractivity contribution in [1.82, 2.24) is 0 Å². The van der Waals surface area contributed by atoms with Gasteiger partial charge in [-0.25, -0.2) is 0 Å². The molecule has 0 aliphatic rings. The smallest absolute Gasteiger partial charge is 0.196 e. The summed E-state index contributed by atoms with van der Waals surface area (Å²) >= 11 is 0. The van der Waals surface area contributed by atoms with Crippen LogP contribution < -0.4 is 9.47 Å². The zero-order valence-electron chi connectivity index (χ0n) is 14.5. The number of phenolic OH excluding ortho intramolecular Hbond substituents is 1. The fraction of sp³-hybridized carbons (Fsp3) is 0.136. The summed E-state index contributed by atoms with van der Waals surface area (Å²) in [5.41, 5.74) is 1.96. The van der Waals surface area contributed by atoms with Crippen molar-refractivity contribution in [2.45, 2.75) is 6.92 Å². The van der Waals surface area contributed by atoms with Gasteiger partial charge in [-0.05, 0) is 31.2 Å². The highest BCUT2D eigenvalue weighted by atomic mass is 16.5. The van der Waals surface area contributed by atoms with Crippen molar-refractivity contribution in [3.63, 3.8) is 0 Å². The van der Waals surface area contributed by atoms with Crippen molar-refractivity contribution in [3.8, 4) is 17.2 Å². The molecule has 0 fully saturated rings. The van der Waals surface area contributed by atoms with E-state index in [9.17, 15) is 9.90 Å². The van der Waals surface area contributed by atoms with Gasteiger partial charge < -0.3 is 14.6 Å². The monoisotopic (exact) mass is 348 g/mol. The maximum absolute atomic E-state index is 12.4. The first-order valence-electron chi connectivity index (χ1n) is 8.38. The van der Waals surface area contributed by atoms with Crippen LogP contribution in [0.25, 0.3) is 0 Å². The highest BCUT2D eigenvalue weighted by molar-refractivity contribution is 6.10. The lowest BCUT2D eigenvalue weighted by Gasteiger charge is -2.10. The molecule has 3 rings (SSSR count). The van der Waals surface area contributed by atoms with Crippen LogP contribution in [0.15, 0.2) is 72.8 Å². The van der Waals surface area contributed by atoms with Crippen LogP contribution in [0.5, 0.6) is 17.2 Å². The quantitative estimate of drug-likeness (QED) is 0.508. The third-order valence-electron chi connectivity index (χ3n) is 3.89. The summed E-state index contributed by atoms with van der Waals surface area (Å²) in [7, 11) is 0. The third kappa shape index (κ3) is 4.42. The van der Waals surface area contributed by atoms with E-state index in [1.54, 1.807) is 36.4 Å². The van der Waals surface area contributed by atoms with Crippen LogP contribution in [0.3, 0.4) is 0 Å². The number of aromatic hydroxyl groups is 1. The molecule has 0 spiro atoms. The molecule has 0 bridgehead atoms. The SMILES string of the molecule is Cc1ccc(OCCOc2ccc(C(=O)c3ccccc3)c(O)c2)cc1. The Morgan fingerprint density at radius 1 is 0.846 bits per heavy atom. The van der Waals surface area contributed by atoms with Crippen LogP contribution in [0.1, 0.15) is 21.5 Å². The number of ether oxygens (including phenoxy) is 2. The first-order valence-corrected chi connectivity index (χ1v) is 8.38. The molecule has 0 saturated heterocycles. The van der Waals surface area contributed by atoms with E-state index in [1.165, 1.54) is 11.6 Å². The van der Waals surface area contributed by atoms with Crippen molar-refractivity contribution < 1.29 is 19.4 Å². The number of rotatable bonds is 7. The number of aryl methyl sites for hydroxylation is 1. The van der Waals surface area contributed by atoms with Gasteiger partial charge in [0.15, 0.2) is 5.78 Å². The van der Waals surface area contributed by atoms with Gasteiger partial charge in [0.2, 0.25) is 0 Å². The Kier molecular flexibility index (Phi) is 5.54. The molecule has 0 radical (unpaired) electrons. The van der Waals surface area contributed by atoms with E-state index in [-0.39, 0.29) is 17.1 Å². The minimum Gasteiger partial charge on any atom is -0.507 e. The lowest BCUT2D eigenvalue weighted by atomic mass is 10.0. The van der Waals surface area contributed by atoms with E-state index in [1.807, 2.05) is 37.3 Å². The summed E-state index contributed by atoms with van der Waals surface area (Å²) < 4.78 is 11.2. The van der Waals surface area contributed by atoms with Gasteiger partial charge in [0.05, 0.1) is 5.56 Å². The molecule has 0 unspecified atom stereocenters. The number of hydrogen-bond acceptors (Lipinski definition) is 4. The number of carbonyl (C=O) groups is 1. The van der Waals surface area contributed by atoms with Gasteiger partial charge >= 0.3 is 0 Å². The van der Waals surface area contributed by atoms with Crippen molar-refractivity contribution >= 4 is 5.78 Å². The Morgan fingerprint density at radius 2 is 1.46 bits per heavy atom. The number of hydrogen-bond donors (Lipinski definition) is 1. The molecule has 3 aromatic carbocycles. The first kappa shape index (κ1) is 17.5. The van der Waals surface area contributed by atoms with Crippen LogP contribution in [0, 0.1) is 6.92 Å². The van der Waals surface area contributed by atoms with E-state index in [2.05, 4.69) is 0 Å². The van der Waals surface area contributed by atoms with Crippen LogP contribution in [0.2, 0.25) is 0 Å². The topological polar surface area (TPSA) is 55.8 Å². The van der Waals surface area contributed by atoms with Crippen LogP contribution in [-0.2, 0) is 0 Å². The Labute approximate surface area is 152 Å². The molecular weight excluding hydrogens is 328 g/mol. The van der Waals surface area contributed by atoms with Crippen molar-refractivity contribution in [1.29, 1.82) is 0 Å². The van der Waals surface area contributed by atoms with Gasteiger partial charge in [-0.2, -0.15) is 0 Å². The van der Waals surface area contributed by atoms with E-state index >= 15 is 0 Å². The maximum Gasteiger partial charge on any atom is 0.196 e. The van der Waals surface area contributed by atoms with Gasteiger partial charge in [0.1, 0.15) is 30.5 Å². The summed E-state index contributed by atoms with van der Waals surface area (Å²) in [5.74, 6) is 0.943. The summed E-state index contributed by atoms with van der Waals surface area (Å²) in [6.45, 7) is 2.74. The average Bonchev–Trinajstić information content (AvgIpc) is 2.67. The maximum atomic E-state index is 12.4. The minimum atomic E-state index is -0.225. The Morgan fingerprint density at radius 3 is 2.12 bits per heavy atom. The minimum absolute atomic E-state index is 0.101. The Balaban J connectivity index is 1.56. The highest BCUT2D eigenvalue weighted by Crippen LogP contribution is 2.26. The molecule has 0 aromatic heterocycles. The molecule has 0 amide bonds. The van der Waals surface area contributed by atoms with Gasteiger partial charge in [-0.1, -0.05) is 48.0 Å². The molecule has 4 nitrogen and oxygen atoms in total. The molecule has 0 aliphatic heterocycles. The van der Waals surface area contributed by atoms with E-state index in [0.717, 1.165) is 5.75 Å². The molecule has 3 aromatic rings. The second-order valence-electron chi connectivity index (χ2n) is 5.88. The van der Waals surface area contributed by atoms with Crippen LogP contribution in [0.4, 0.5) is 0 Å². The molecule has 26 heavy (non-hydrogen) atoms. The second-order valence-corrected chi connectivity index (χ2v) is 5.88. The Bertz CT molecular complexity index is 870. The number of phenols is 1. The highest BCUT2D eigenvalue weighted by Gasteiger charge is 2.14. The molecule has 4 heteroatoms. The van der Waals surface area contributed by atoms with Gasteiger partial charge in [0, 0.05) is 11.6 Å². The average molecular weight is 348 g/mol. The standard InChI is InChI=1S/C22H20O4/c1-16-7-9-18(10-8-16)25-13-14-26-19-11-12-20(21(23)15-19)22(24)17-5-3-2-4-6-17/h2-12,15,23H,13-14H2,1H3. The van der Waals surface area contributed by atoms with Crippen molar-refractivity contribution in [2.75, 3.05) is 13.2 Å². The molecule has 0 saturated carbocycles. The normalized spacial score (nSPS) is 10.3. The fourth-order valence-electron chi connectivity index (χ4n) is 2.49. The number of benzene rings is 3. The molecule has 0 atom stereocenters. The van der Waals surface area contributed by atoms with Gasteiger partial charge in [-0.15, -0.1) is 0 Å². The largest absolute Gasteiger partial charge is 0.507 e. The number of ketones is 1. The molecule has 0 aliphatic carbocycles. The lowest BCUT2D eigenvalue weighted by molar-refractivity contribution is 0.103. The molecule has 1 N–H and O–H groups in total. The second kappa shape index (κ2) is 8.21. The van der Waals surface area contributed by atoms with Crippen LogP contribution >= 0.6 is 0 Å².